The molecule has 1 heteroatoms. The van der Waals surface area contributed by atoms with Crippen LogP contribution < -0.4 is 5.73 Å². The summed E-state index contributed by atoms with van der Waals surface area (Å²) in [6.07, 6.45) is 6.07. The first-order valence-corrected chi connectivity index (χ1v) is 7.39. The Morgan fingerprint density at radius 1 is 1.06 bits per heavy atom. The second-order valence-corrected chi connectivity index (χ2v) is 5.67. The highest BCUT2D eigenvalue weighted by Gasteiger charge is 2.16. The SMILES string of the molecule is CCCCC(CC)C(N)Cc1cc(C)cc(C)c1. The van der Waals surface area contributed by atoms with Crippen LogP contribution in [0, 0.1) is 19.8 Å². The molecule has 102 valence electrons. The van der Waals surface area contributed by atoms with Crippen molar-refractivity contribution in [3.63, 3.8) is 0 Å². The summed E-state index contributed by atoms with van der Waals surface area (Å²) in [6, 6.07) is 7.09. The molecule has 0 saturated carbocycles. The summed E-state index contributed by atoms with van der Waals surface area (Å²) < 4.78 is 0. The van der Waals surface area contributed by atoms with Gasteiger partial charge in [0.2, 0.25) is 0 Å². The normalized spacial score (nSPS) is 14.5. The highest BCUT2D eigenvalue weighted by Crippen LogP contribution is 2.19. The minimum absolute atomic E-state index is 0.308. The Morgan fingerprint density at radius 3 is 2.17 bits per heavy atom. The van der Waals surface area contributed by atoms with Crippen molar-refractivity contribution < 1.29 is 0 Å². The molecular weight excluding hydrogens is 218 g/mol. The summed E-state index contributed by atoms with van der Waals surface area (Å²) in [5.41, 5.74) is 10.5. The van der Waals surface area contributed by atoms with Gasteiger partial charge in [0, 0.05) is 6.04 Å². The van der Waals surface area contributed by atoms with Crippen molar-refractivity contribution in [3.05, 3.63) is 34.9 Å². The first-order valence-electron chi connectivity index (χ1n) is 7.39. The van der Waals surface area contributed by atoms with Crippen molar-refractivity contribution in [2.75, 3.05) is 0 Å². The average Bonchev–Trinajstić information content (AvgIpc) is 2.28. The first kappa shape index (κ1) is 15.2. The van der Waals surface area contributed by atoms with Crippen LogP contribution in [0.15, 0.2) is 18.2 Å². The van der Waals surface area contributed by atoms with E-state index in [9.17, 15) is 0 Å². The van der Waals surface area contributed by atoms with E-state index >= 15 is 0 Å². The molecule has 0 aliphatic rings. The standard InChI is InChI=1S/C17H29N/c1-5-7-8-16(6-2)17(18)12-15-10-13(3)9-14(4)11-15/h9-11,16-17H,5-8,12,18H2,1-4H3. The second kappa shape index (κ2) is 7.58. The maximum absolute atomic E-state index is 6.40. The van der Waals surface area contributed by atoms with Crippen LogP contribution in [0.4, 0.5) is 0 Å². The number of unbranched alkanes of at least 4 members (excludes halogenated alkanes) is 1. The minimum Gasteiger partial charge on any atom is -0.327 e. The Hall–Kier alpha value is -0.820. The average molecular weight is 247 g/mol. The number of benzene rings is 1. The summed E-state index contributed by atoms with van der Waals surface area (Å²) >= 11 is 0. The third-order valence-electron chi connectivity index (χ3n) is 3.81. The van der Waals surface area contributed by atoms with Crippen molar-refractivity contribution in [1.29, 1.82) is 0 Å². The lowest BCUT2D eigenvalue weighted by Gasteiger charge is -2.23. The molecule has 1 aromatic rings. The summed E-state index contributed by atoms with van der Waals surface area (Å²) in [5, 5.41) is 0. The van der Waals surface area contributed by atoms with Gasteiger partial charge in [-0.1, -0.05) is 62.4 Å². The van der Waals surface area contributed by atoms with Crippen LogP contribution in [-0.2, 0) is 6.42 Å². The molecule has 0 bridgehead atoms. The molecule has 2 atom stereocenters. The van der Waals surface area contributed by atoms with E-state index in [-0.39, 0.29) is 0 Å². The van der Waals surface area contributed by atoms with Crippen LogP contribution in [0.3, 0.4) is 0 Å². The van der Waals surface area contributed by atoms with Gasteiger partial charge in [-0.15, -0.1) is 0 Å². The molecule has 0 spiro atoms. The fourth-order valence-electron chi connectivity index (χ4n) is 2.81. The molecule has 0 amide bonds. The molecule has 0 saturated heterocycles. The van der Waals surface area contributed by atoms with E-state index < -0.39 is 0 Å². The summed E-state index contributed by atoms with van der Waals surface area (Å²) in [6.45, 7) is 8.84. The van der Waals surface area contributed by atoms with Crippen molar-refractivity contribution in [2.45, 2.75) is 65.8 Å². The molecule has 0 fully saturated rings. The summed E-state index contributed by atoms with van der Waals surface area (Å²) in [7, 11) is 0. The zero-order valence-electron chi connectivity index (χ0n) is 12.5. The molecule has 1 nitrogen and oxygen atoms in total. The van der Waals surface area contributed by atoms with Crippen LogP contribution >= 0.6 is 0 Å². The van der Waals surface area contributed by atoms with Gasteiger partial charge in [-0.2, -0.15) is 0 Å². The molecule has 2 unspecified atom stereocenters. The topological polar surface area (TPSA) is 26.0 Å². The van der Waals surface area contributed by atoms with E-state index in [4.69, 9.17) is 5.73 Å². The second-order valence-electron chi connectivity index (χ2n) is 5.67. The smallest absolute Gasteiger partial charge is 0.0108 e. The molecule has 2 N–H and O–H groups in total. The Kier molecular flexibility index (Phi) is 6.42. The Morgan fingerprint density at radius 2 is 1.67 bits per heavy atom. The Bertz CT molecular complexity index is 336. The molecule has 18 heavy (non-hydrogen) atoms. The third-order valence-corrected chi connectivity index (χ3v) is 3.81. The van der Waals surface area contributed by atoms with E-state index in [0.29, 0.717) is 12.0 Å². The van der Waals surface area contributed by atoms with Gasteiger partial charge in [0.05, 0.1) is 0 Å². The van der Waals surface area contributed by atoms with Gasteiger partial charge in [0.1, 0.15) is 0 Å². The maximum Gasteiger partial charge on any atom is 0.0108 e. The van der Waals surface area contributed by atoms with Gasteiger partial charge in [-0.05, 0) is 38.2 Å². The third kappa shape index (κ3) is 4.81. The summed E-state index contributed by atoms with van der Waals surface area (Å²) in [4.78, 5) is 0. The maximum atomic E-state index is 6.40. The fourth-order valence-corrected chi connectivity index (χ4v) is 2.81. The molecule has 1 aromatic carbocycles. The Labute approximate surface area is 113 Å². The number of aryl methyl sites for hydroxylation is 2. The van der Waals surface area contributed by atoms with E-state index in [1.165, 1.54) is 42.4 Å². The first-order chi connectivity index (χ1) is 8.56. The zero-order chi connectivity index (χ0) is 13.5. The number of nitrogens with two attached hydrogens (primary N) is 1. The predicted octanol–water partition coefficient (Wildman–Crippen LogP) is 4.39. The molecule has 0 aromatic heterocycles. The van der Waals surface area contributed by atoms with Gasteiger partial charge < -0.3 is 5.73 Å². The highest BCUT2D eigenvalue weighted by molar-refractivity contribution is 5.29. The van der Waals surface area contributed by atoms with Crippen LogP contribution in [0.2, 0.25) is 0 Å². The van der Waals surface area contributed by atoms with Crippen molar-refractivity contribution in [2.24, 2.45) is 11.7 Å². The number of hydrogen-bond acceptors (Lipinski definition) is 1. The van der Waals surface area contributed by atoms with Crippen LogP contribution in [0.1, 0.15) is 56.2 Å². The monoisotopic (exact) mass is 247 g/mol. The number of rotatable bonds is 7. The molecule has 0 aliphatic carbocycles. The summed E-state index contributed by atoms with van der Waals surface area (Å²) in [5.74, 6) is 0.672. The van der Waals surface area contributed by atoms with Crippen LogP contribution in [0.25, 0.3) is 0 Å². The molecule has 0 heterocycles. The molecule has 0 radical (unpaired) electrons. The highest BCUT2D eigenvalue weighted by atomic mass is 14.6. The lowest BCUT2D eigenvalue weighted by atomic mass is 9.87. The quantitative estimate of drug-likeness (QED) is 0.760. The van der Waals surface area contributed by atoms with Crippen molar-refractivity contribution in [1.82, 2.24) is 0 Å². The lowest BCUT2D eigenvalue weighted by Crippen LogP contribution is -2.32. The van der Waals surface area contributed by atoms with E-state index in [0.717, 1.165) is 6.42 Å². The molecule has 1 rings (SSSR count). The van der Waals surface area contributed by atoms with E-state index in [1.807, 2.05) is 0 Å². The van der Waals surface area contributed by atoms with E-state index in [1.54, 1.807) is 0 Å². The lowest BCUT2D eigenvalue weighted by molar-refractivity contribution is 0.369. The fraction of sp³-hybridized carbons (Fsp3) is 0.647. The zero-order valence-corrected chi connectivity index (χ0v) is 12.5. The van der Waals surface area contributed by atoms with Crippen LogP contribution in [0.5, 0.6) is 0 Å². The van der Waals surface area contributed by atoms with Crippen molar-refractivity contribution >= 4 is 0 Å². The van der Waals surface area contributed by atoms with Crippen molar-refractivity contribution in [3.8, 4) is 0 Å². The predicted molar refractivity (Wildman–Crippen MR) is 80.9 cm³/mol. The molecule has 0 aliphatic heterocycles. The number of hydrogen-bond donors (Lipinski definition) is 1. The largest absolute Gasteiger partial charge is 0.327 e. The molecular formula is C17H29N. The van der Waals surface area contributed by atoms with Gasteiger partial charge in [-0.3, -0.25) is 0 Å². The van der Waals surface area contributed by atoms with Gasteiger partial charge in [0.25, 0.3) is 0 Å². The van der Waals surface area contributed by atoms with Gasteiger partial charge in [-0.25, -0.2) is 0 Å². The van der Waals surface area contributed by atoms with Gasteiger partial charge >= 0.3 is 0 Å². The van der Waals surface area contributed by atoms with E-state index in [2.05, 4.69) is 45.9 Å². The van der Waals surface area contributed by atoms with Gasteiger partial charge in [0.15, 0.2) is 0 Å². The van der Waals surface area contributed by atoms with Crippen LogP contribution in [-0.4, -0.2) is 6.04 Å². The Balaban J connectivity index is 2.63. The minimum atomic E-state index is 0.308.